The molecule has 2 heterocycles. The Hall–Kier alpha value is -2.22. The molecule has 0 aliphatic heterocycles. The Kier molecular flexibility index (Phi) is 5.36. The van der Waals surface area contributed by atoms with Gasteiger partial charge in [-0.3, -0.25) is 9.59 Å². The van der Waals surface area contributed by atoms with Gasteiger partial charge in [-0.25, -0.2) is 9.97 Å². The summed E-state index contributed by atoms with van der Waals surface area (Å²) in [5.41, 5.74) is 0.744. The summed E-state index contributed by atoms with van der Waals surface area (Å²) < 4.78 is 1.94. The van der Waals surface area contributed by atoms with Gasteiger partial charge < -0.3 is 15.2 Å². The molecule has 0 atom stereocenters. The van der Waals surface area contributed by atoms with E-state index in [1.54, 1.807) is 6.20 Å². The highest BCUT2D eigenvalue weighted by molar-refractivity contribution is 7.19. The van der Waals surface area contributed by atoms with E-state index in [0.717, 1.165) is 53.4 Å². The number of hydrogen-bond donors (Lipinski definition) is 2. The lowest BCUT2D eigenvalue weighted by Gasteiger charge is -2.55. The van der Waals surface area contributed by atoms with Gasteiger partial charge in [0.2, 0.25) is 11.8 Å². The Bertz CT molecular complexity index is 959. The number of thiazole rings is 1. The molecule has 0 saturated heterocycles. The first-order valence-corrected chi connectivity index (χ1v) is 12.3. The average Bonchev–Trinajstić information content (AvgIpc) is 3.28. The van der Waals surface area contributed by atoms with Crippen LogP contribution in [-0.2, 0) is 16.6 Å². The van der Waals surface area contributed by atoms with E-state index < -0.39 is 0 Å². The summed E-state index contributed by atoms with van der Waals surface area (Å²) in [4.78, 5) is 35.2. The summed E-state index contributed by atoms with van der Waals surface area (Å²) in [5.74, 6) is 3.31. The molecule has 6 rings (SSSR count). The van der Waals surface area contributed by atoms with Crippen molar-refractivity contribution >= 4 is 28.3 Å². The van der Waals surface area contributed by atoms with E-state index in [1.807, 2.05) is 24.7 Å². The van der Waals surface area contributed by atoms with E-state index in [9.17, 15) is 9.59 Å². The predicted octanol–water partition coefficient (Wildman–Crippen LogP) is 3.90. The molecule has 31 heavy (non-hydrogen) atoms. The summed E-state index contributed by atoms with van der Waals surface area (Å²) in [7, 11) is 1.94. The maximum absolute atomic E-state index is 13.0. The van der Waals surface area contributed by atoms with E-state index in [-0.39, 0.29) is 17.2 Å². The second kappa shape index (κ2) is 8.04. The van der Waals surface area contributed by atoms with Crippen LogP contribution < -0.4 is 10.6 Å². The average molecular weight is 442 g/mol. The van der Waals surface area contributed by atoms with Crippen LogP contribution in [0.25, 0.3) is 10.7 Å². The van der Waals surface area contributed by atoms with Crippen LogP contribution in [0, 0.1) is 30.1 Å². The Balaban J connectivity index is 1.09. The minimum Gasteiger partial charge on any atom is -0.356 e. The van der Waals surface area contributed by atoms with Crippen LogP contribution in [0.2, 0.25) is 0 Å². The zero-order valence-electron chi connectivity index (χ0n) is 18.3. The molecule has 2 aromatic rings. The highest BCUT2D eigenvalue weighted by Gasteiger charge is 2.54. The van der Waals surface area contributed by atoms with E-state index in [2.05, 4.69) is 20.6 Å². The van der Waals surface area contributed by atoms with Gasteiger partial charge in [-0.1, -0.05) is 11.3 Å². The lowest BCUT2D eigenvalue weighted by atomic mass is 9.49. The number of aromatic nitrogens is 3. The molecule has 0 unspecified atom stereocenters. The SMILES string of the molecule is Cc1nc(NC(=O)CCCNC(=O)C23CC4CC(CC(C4)C2)C3)sc1-c1nccn1C. The van der Waals surface area contributed by atoms with Crippen molar-refractivity contribution in [3.8, 4) is 10.7 Å². The van der Waals surface area contributed by atoms with Crippen LogP contribution in [0.4, 0.5) is 5.13 Å². The van der Waals surface area contributed by atoms with Crippen LogP contribution in [0.5, 0.6) is 0 Å². The van der Waals surface area contributed by atoms with Gasteiger partial charge in [-0.15, -0.1) is 0 Å². The minimum absolute atomic E-state index is 0.0656. The number of amides is 2. The number of anilines is 1. The number of carbonyl (C=O) groups excluding carboxylic acids is 2. The van der Waals surface area contributed by atoms with Crippen molar-refractivity contribution in [2.75, 3.05) is 11.9 Å². The van der Waals surface area contributed by atoms with Gasteiger partial charge in [-0.05, 0) is 69.6 Å². The highest BCUT2D eigenvalue weighted by Crippen LogP contribution is 2.60. The fourth-order valence-corrected chi connectivity index (χ4v) is 7.47. The van der Waals surface area contributed by atoms with Crippen molar-refractivity contribution in [1.29, 1.82) is 0 Å². The molecule has 4 aliphatic carbocycles. The lowest BCUT2D eigenvalue weighted by molar-refractivity contribution is -0.146. The number of nitrogens with one attached hydrogen (secondary N) is 2. The number of nitrogens with zero attached hydrogens (tertiary/aromatic N) is 3. The zero-order valence-corrected chi connectivity index (χ0v) is 19.1. The van der Waals surface area contributed by atoms with Crippen LogP contribution >= 0.6 is 11.3 Å². The second-order valence-corrected chi connectivity index (χ2v) is 10.9. The van der Waals surface area contributed by atoms with E-state index in [0.29, 0.717) is 24.5 Å². The van der Waals surface area contributed by atoms with Crippen molar-refractivity contribution in [3.63, 3.8) is 0 Å². The van der Waals surface area contributed by atoms with Crippen LogP contribution in [0.3, 0.4) is 0 Å². The van der Waals surface area contributed by atoms with Gasteiger partial charge in [0.05, 0.1) is 10.6 Å². The maximum atomic E-state index is 13.0. The Morgan fingerprint density at radius 3 is 2.48 bits per heavy atom. The van der Waals surface area contributed by atoms with E-state index in [4.69, 9.17) is 0 Å². The first kappa shape index (κ1) is 20.7. The fourth-order valence-electron chi connectivity index (χ4n) is 6.45. The van der Waals surface area contributed by atoms with Gasteiger partial charge in [0.25, 0.3) is 0 Å². The molecular formula is C23H31N5O2S. The fraction of sp³-hybridized carbons (Fsp3) is 0.652. The largest absolute Gasteiger partial charge is 0.356 e. The molecule has 2 N–H and O–H groups in total. The number of hydrogen-bond acceptors (Lipinski definition) is 5. The molecule has 7 nitrogen and oxygen atoms in total. The summed E-state index contributed by atoms with van der Waals surface area (Å²) in [6, 6.07) is 0. The van der Waals surface area contributed by atoms with E-state index >= 15 is 0 Å². The molecule has 0 spiro atoms. The molecule has 0 radical (unpaired) electrons. The summed E-state index contributed by atoms with van der Waals surface area (Å²) in [6.07, 6.45) is 11.9. The van der Waals surface area contributed by atoms with Crippen molar-refractivity contribution < 1.29 is 9.59 Å². The van der Waals surface area contributed by atoms with Gasteiger partial charge in [-0.2, -0.15) is 0 Å². The zero-order chi connectivity index (χ0) is 21.6. The molecule has 4 fully saturated rings. The number of imidazole rings is 1. The molecule has 8 heteroatoms. The summed E-state index contributed by atoms with van der Waals surface area (Å²) >= 11 is 1.44. The van der Waals surface area contributed by atoms with Gasteiger partial charge >= 0.3 is 0 Å². The number of carbonyl (C=O) groups is 2. The Morgan fingerprint density at radius 1 is 1.19 bits per heavy atom. The third-order valence-corrected chi connectivity index (χ3v) is 8.52. The third kappa shape index (κ3) is 4.02. The van der Waals surface area contributed by atoms with Gasteiger partial charge in [0.1, 0.15) is 0 Å². The molecule has 4 saturated carbocycles. The first-order chi connectivity index (χ1) is 14.9. The van der Waals surface area contributed by atoms with Crippen LogP contribution in [-0.4, -0.2) is 32.9 Å². The third-order valence-electron chi connectivity index (χ3n) is 7.45. The molecule has 2 aromatic heterocycles. The normalized spacial score (nSPS) is 28.6. The molecule has 4 bridgehead atoms. The Morgan fingerprint density at radius 2 is 1.87 bits per heavy atom. The molecule has 2 amide bonds. The van der Waals surface area contributed by atoms with Crippen LogP contribution in [0.1, 0.15) is 57.1 Å². The number of aryl methyl sites for hydroxylation is 2. The minimum atomic E-state index is -0.114. The maximum Gasteiger partial charge on any atom is 0.226 e. The van der Waals surface area contributed by atoms with Gasteiger partial charge in [0.15, 0.2) is 11.0 Å². The molecule has 4 aliphatic rings. The monoisotopic (exact) mass is 441 g/mol. The van der Waals surface area contributed by atoms with Crippen molar-refractivity contribution in [2.45, 2.75) is 58.3 Å². The quantitative estimate of drug-likeness (QED) is 0.638. The second-order valence-electron chi connectivity index (χ2n) is 9.90. The van der Waals surface area contributed by atoms with E-state index in [1.165, 1.54) is 30.6 Å². The summed E-state index contributed by atoms with van der Waals surface area (Å²) in [5, 5.41) is 6.65. The molecule has 166 valence electrons. The Labute approximate surface area is 187 Å². The number of rotatable bonds is 7. The highest BCUT2D eigenvalue weighted by atomic mass is 32.1. The van der Waals surface area contributed by atoms with Gasteiger partial charge in [0, 0.05) is 37.8 Å². The van der Waals surface area contributed by atoms with Crippen molar-refractivity contribution in [3.05, 3.63) is 18.1 Å². The first-order valence-electron chi connectivity index (χ1n) is 11.4. The topological polar surface area (TPSA) is 88.9 Å². The van der Waals surface area contributed by atoms with Crippen molar-refractivity contribution in [1.82, 2.24) is 19.9 Å². The lowest BCUT2D eigenvalue weighted by Crippen LogP contribution is -2.53. The van der Waals surface area contributed by atoms with Crippen molar-refractivity contribution in [2.24, 2.45) is 30.2 Å². The summed E-state index contributed by atoms with van der Waals surface area (Å²) in [6.45, 7) is 2.49. The standard InChI is InChI=1S/C23H31N5O2S/c1-14-19(20-24-6-7-28(20)2)31-22(26-14)27-18(29)4-3-5-25-21(30)23-11-15-8-16(12-23)10-17(9-15)13-23/h6-7,15-17H,3-5,8-13H2,1-2H3,(H,25,30)(H,26,27,29). The van der Waals surface area contributed by atoms with Crippen LogP contribution in [0.15, 0.2) is 12.4 Å². The predicted molar refractivity (Wildman–Crippen MR) is 121 cm³/mol. The smallest absolute Gasteiger partial charge is 0.226 e. The molecular weight excluding hydrogens is 410 g/mol. The molecule has 0 aromatic carbocycles.